The molecule has 0 atom stereocenters. The fourth-order valence-corrected chi connectivity index (χ4v) is 3.07. The topological polar surface area (TPSA) is 38.0 Å². The van der Waals surface area contributed by atoms with E-state index in [9.17, 15) is 0 Å². The predicted octanol–water partition coefficient (Wildman–Crippen LogP) is 5.69. The number of benzene rings is 2. The maximum Gasteiger partial charge on any atom is 0.0505 e. The average molecular weight is 322 g/mol. The molecule has 1 heterocycles. The highest BCUT2D eigenvalue weighted by atomic mass is 15.0. The molecule has 0 radical (unpaired) electrons. The molecule has 0 unspecified atom stereocenters. The van der Waals surface area contributed by atoms with E-state index < -0.39 is 0 Å². The first-order chi connectivity index (χ1) is 11.3. The number of rotatable bonds is 2. The lowest BCUT2D eigenvalue weighted by atomic mass is 9.90. The normalized spacial score (nSPS) is 14.6. The van der Waals surface area contributed by atoms with Crippen LogP contribution in [-0.2, 0) is 12.8 Å². The first-order valence-electron chi connectivity index (χ1n) is 8.80. The maximum absolute atomic E-state index is 5.53. The average Bonchev–Trinajstić information content (AvgIpc) is 2.53. The molecule has 0 aromatic heterocycles. The van der Waals surface area contributed by atoms with Crippen LogP contribution in [0.1, 0.15) is 51.3 Å². The Morgan fingerprint density at radius 3 is 2.21 bits per heavy atom. The molecule has 1 aliphatic rings. The largest absolute Gasteiger partial charge is 0.399 e. The fourth-order valence-electron chi connectivity index (χ4n) is 3.07. The Morgan fingerprint density at radius 2 is 1.62 bits per heavy atom. The third-order valence-corrected chi connectivity index (χ3v) is 4.31. The number of hydrogen-bond acceptors (Lipinski definition) is 2. The van der Waals surface area contributed by atoms with Gasteiger partial charge in [0.05, 0.1) is 5.54 Å². The summed E-state index contributed by atoms with van der Waals surface area (Å²) in [6.07, 6.45) is 4.45. The lowest BCUT2D eigenvalue weighted by molar-refractivity contribution is 0.707. The summed E-state index contributed by atoms with van der Waals surface area (Å²) in [5.41, 5.74) is 13.1. The summed E-state index contributed by atoms with van der Waals surface area (Å²) in [7, 11) is 0. The lowest BCUT2D eigenvalue weighted by Gasteiger charge is -2.31. The van der Waals surface area contributed by atoms with Crippen molar-refractivity contribution in [1.29, 1.82) is 0 Å². The van der Waals surface area contributed by atoms with Crippen molar-refractivity contribution >= 4 is 16.9 Å². The van der Waals surface area contributed by atoms with Crippen LogP contribution in [0.2, 0.25) is 0 Å². The van der Waals surface area contributed by atoms with Crippen LogP contribution in [0.3, 0.4) is 0 Å². The van der Waals surface area contributed by atoms with Crippen LogP contribution in [-0.4, -0.2) is 5.54 Å². The molecule has 2 aromatic carbocycles. The van der Waals surface area contributed by atoms with Crippen LogP contribution >= 0.6 is 0 Å². The lowest BCUT2D eigenvalue weighted by Crippen LogP contribution is -2.31. The van der Waals surface area contributed by atoms with Gasteiger partial charge in [0.1, 0.15) is 0 Å². The van der Waals surface area contributed by atoms with Gasteiger partial charge in [-0.2, -0.15) is 0 Å². The molecule has 0 saturated heterocycles. The van der Waals surface area contributed by atoms with E-state index in [0.717, 1.165) is 18.5 Å². The summed E-state index contributed by atoms with van der Waals surface area (Å²) in [6.45, 7) is 10.9. The molecule has 1 aliphatic heterocycles. The van der Waals surface area contributed by atoms with Gasteiger partial charge in [0, 0.05) is 16.9 Å². The van der Waals surface area contributed by atoms with Crippen LogP contribution in [0.15, 0.2) is 48.5 Å². The summed E-state index contributed by atoms with van der Waals surface area (Å²) in [6, 6.07) is 14.7. The van der Waals surface area contributed by atoms with Crippen molar-refractivity contribution in [3.63, 3.8) is 0 Å². The summed E-state index contributed by atoms with van der Waals surface area (Å²) < 4.78 is 0. The number of fused-ring (bicyclic) bond motifs is 1. The monoisotopic (exact) mass is 322 g/mol. The quantitative estimate of drug-likeness (QED) is 0.697. The van der Waals surface area contributed by atoms with Gasteiger partial charge in [-0.15, -0.1) is 0 Å². The van der Waals surface area contributed by atoms with Gasteiger partial charge in [0.25, 0.3) is 0 Å². The molecule has 2 aromatic rings. The predicted molar refractivity (Wildman–Crippen MR) is 107 cm³/mol. The van der Waals surface area contributed by atoms with Crippen molar-refractivity contribution in [2.75, 3.05) is 11.1 Å². The number of nitrogen functional groups attached to an aromatic ring is 1. The Hall–Kier alpha value is -2.22. The number of hydrogen-bond donors (Lipinski definition) is 2. The van der Waals surface area contributed by atoms with Crippen molar-refractivity contribution in [1.82, 2.24) is 0 Å². The molecular formula is C22H30N2. The summed E-state index contributed by atoms with van der Waals surface area (Å²) >= 11 is 0. The molecule has 128 valence electrons. The molecule has 0 bridgehead atoms. The number of anilines is 2. The van der Waals surface area contributed by atoms with Gasteiger partial charge in [-0.1, -0.05) is 44.2 Å². The summed E-state index contributed by atoms with van der Waals surface area (Å²) in [5, 5.41) is 3.56. The standard InChI is InChI=1S/C14H19N.C8H11N/c1-5-11-6-7-12-10(2)9-14(3,4)15-13(12)8-11;1-2-7-4-3-5-8(9)6-7/h6-9,15H,5H2,1-4H3;3-6H,2,9H2,1H3. The van der Waals surface area contributed by atoms with Crippen molar-refractivity contribution < 1.29 is 0 Å². The highest BCUT2D eigenvalue weighted by Crippen LogP contribution is 2.33. The number of aryl methyl sites for hydroxylation is 2. The van der Waals surface area contributed by atoms with E-state index in [1.807, 2.05) is 18.2 Å². The van der Waals surface area contributed by atoms with E-state index in [1.165, 1.54) is 28.0 Å². The van der Waals surface area contributed by atoms with Crippen molar-refractivity contribution in [2.24, 2.45) is 0 Å². The Morgan fingerprint density at radius 1 is 0.958 bits per heavy atom. The Bertz CT molecular complexity index is 726. The Labute approximate surface area is 146 Å². The first-order valence-corrected chi connectivity index (χ1v) is 8.80. The van der Waals surface area contributed by atoms with Gasteiger partial charge in [0.15, 0.2) is 0 Å². The van der Waals surface area contributed by atoms with Gasteiger partial charge in [0.2, 0.25) is 0 Å². The van der Waals surface area contributed by atoms with Crippen LogP contribution in [0.5, 0.6) is 0 Å². The second kappa shape index (κ2) is 7.57. The zero-order chi connectivity index (χ0) is 17.7. The van der Waals surface area contributed by atoms with E-state index in [4.69, 9.17) is 5.73 Å². The highest BCUT2D eigenvalue weighted by Gasteiger charge is 2.21. The van der Waals surface area contributed by atoms with Crippen LogP contribution < -0.4 is 11.1 Å². The molecule has 0 spiro atoms. The van der Waals surface area contributed by atoms with Crippen LogP contribution in [0.4, 0.5) is 11.4 Å². The molecule has 3 rings (SSSR count). The van der Waals surface area contributed by atoms with Gasteiger partial charge in [-0.25, -0.2) is 0 Å². The SMILES string of the molecule is CCc1ccc2c(c1)NC(C)(C)C=C2C.CCc1cccc(N)c1. The van der Waals surface area contributed by atoms with Gasteiger partial charge in [-0.3, -0.25) is 0 Å². The maximum atomic E-state index is 5.53. The third kappa shape index (κ3) is 4.64. The van der Waals surface area contributed by atoms with Crippen molar-refractivity contribution in [2.45, 2.75) is 53.0 Å². The minimum atomic E-state index is 0.0729. The minimum absolute atomic E-state index is 0.0729. The second-order valence-electron chi connectivity index (χ2n) is 7.01. The second-order valence-corrected chi connectivity index (χ2v) is 7.01. The Kier molecular flexibility index (Phi) is 5.71. The van der Waals surface area contributed by atoms with Crippen LogP contribution in [0, 0.1) is 0 Å². The number of nitrogens with one attached hydrogen (secondary N) is 1. The minimum Gasteiger partial charge on any atom is -0.399 e. The van der Waals surface area contributed by atoms with Gasteiger partial charge < -0.3 is 11.1 Å². The summed E-state index contributed by atoms with van der Waals surface area (Å²) in [5.74, 6) is 0. The first kappa shape index (κ1) is 18.1. The molecule has 0 amide bonds. The molecule has 0 saturated carbocycles. The van der Waals surface area contributed by atoms with E-state index >= 15 is 0 Å². The van der Waals surface area contributed by atoms with E-state index in [0.29, 0.717) is 0 Å². The van der Waals surface area contributed by atoms with E-state index in [-0.39, 0.29) is 5.54 Å². The molecular weight excluding hydrogens is 292 g/mol. The van der Waals surface area contributed by atoms with Crippen molar-refractivity contribution in [3.05, 3.63) is 65.2 Å². The summed E-state index contributed by atoms with van der Waals surface area (Å²) in [4.78, 5) is 0. The van der Waals surface area contributed by atoms with E-state index in [2.05, 4.69) is 70.3 Å². The molecule has 3 N–H and O–H groups in total. The molecule has 2 nitrogen and oxygen atoms in total. The zero-order valence-corrected chi connectivity index (χ0v) is 15.6. The smallest absolute Gasteiger partial charge is 0.0505 e. The molecule has 24 heavy (non-hydrogen) atoms. The molecule has 0 aliphatic carbocycles. The van der Waals surface area contributed by atoms with Gasteiger partial charge in [-0.05, 0) is 68.5 Å². The third-order valence-electron chi connectivity index (χ3n) is 4.31. The fraction of sp³-hybridized carbons (Fsp3) is 0.364. The zero-order valence-electron chi connectivity index (χ0n) is 15.6. The molecule has 2 heteroatoms. The molecule has 0 fully saturated rings. The number of nitrogens with two attached hydrogens (primary N) is 1. The van der Waals surface area contributed by atoms with E-state index in [1.54, 1.807) is 0 Å². The van der Waals surface area contributed by atoms with Crippen LogP contribution in [0.25, 0.3) is 5.57 Å². The Balaban J connectivity index is 0.000000198. The number of allylic oxidation sites excluding steroid dienone is 1. The van der Waals surface area contributed by atoms with Crippen molar-refractivity contribution in [3.8, 4) is 0 Å². The van der Waals surface area contributed by atoms with Gasteiger partial charge >= 0.3 is 0 Å². The highest BCUT2D eigenvalue weighted by molar-refractivity contribution is 5.80.